The molecule has 2 heterocycles. The molecule has 2 N–H and O–H groups in total. The molecule has 12 heteroatoms. The third-order valence-corrected chi connectivity index (χ3v) is 6.22. The Morgan fingerprint density at radius 1 is 1.09 bits per heavy atom. The predicted octanol–water partition coefficient (Wildman–Crippen LogP) is 3.69. The summed E-state index contributed by atoms with van der Waals surface area (Å²) in [6.07, 6.45) is 2.45. The average molecular weight is 495 g/mol. The van der Waals surface area contributed by atoms with Crippen molar-refractivity contribution < 1.29 is 14.2 Å². The van der Waals surface area contributed by atoms with Crippen LogP contribution in [0.5, 0.6) is 0 Å². The van der Waals surface area contributed by atoms with Crippen LogP contribution in [-0.4, -0.2) is 30.5 Å². The van der Waals surface area contributed by atoms with Crippen LogP contribution in [0.4, 0.5) is 5.69 Å². The minimum atomic E-state index is -0.476. The summed E-state index contributed by atoms with van der Waals surface area (Å²) >= 11 is 1.30. The molecule has 35 heavy (non-hydrogen) atoms. The summed E-state index contributed by atoms with van der Waals surface area (Å²) < 4.78 is 6.97. The Hall–Kier alpha value is -4.06. The maximum atomic E-state index is 13.1. The molecule has 0 aliphatic rings. The van der Waals surface area contributed by atoms with Crippen LogP contribution in [0.2, 0.25) is 0 Å². The number of nitro benzene ring substituents is 1. The van der Waals surface area contributed by atoms with Crippen LogP contribution >= 0.6 is 11.8 Å². The van der Waals surface area contributed by atoms with Gasteiger partial charge in [0.05, 0.1) is 21.6 Å². The van der Waals surface area contributed by atoms with Gasteiger partial charge in [-0.3, -0.25) is 24.3 Å². The lowest BCUT2D eigenvalue weighted by molar-refractivity contribution is -0.384. The van der Waals surface area contributed by atoms with Crippen molar-refractivity contribution in [2.45, 2.75) is 43.1 Å². The third-order valence-electron chi connectivity index (χ3n) is 5.26. The Morgan fingerprint density at radius 3 is 2.60 bits per heavy atom. The number of primary amides is 1. The van der Waals surface area contributed by atoms with E-state index in [0.717, 1.165) is 6.42 Å². The number of para-hydroxylation sites is 1. The molecule has 0 saturated heterocycles. The highest BCUT2D eigenvalue weighted by molar-refractivity contribution is 7.98. The maximum Gasteiger partial charge on any atom is 0.269 e. The SMILES string of the molecule is NC(=O)CCCCCn1c(SCc2nc(-c3ccc([N+](=O)[O-])cc3)no2)nc2ccccc2c1=O. The third kappa shape index (κ3) is 5.90. The molecule has 11 nitrogen and oxygen atoms in total. The van der Waals surface area contributed by atoms with E-state index in [1.54, 1.807) is 34.9 Å². The number of aromatic nitrogens is 4. The van der Waals surface area contributed by atoms with Crippen molar-refractivity contribution in [1.29, 1.82) is 0 Å². The Balaban J connectivity index is 1.50. The molecule has 0 aliphatic heterocycles. The minimum Gasteiger partial charge on any atom is -0.370 e. The normalized spacial score (nSPS) is 11.1. The molecule has 2 aromatic heterocycles. The molecule has 0 spiro atoms. The summed E-state index contributed by atoms with van der Waals surface area (Å²) in [4.78, 5) is 43.5. The molecule has 0 unspecified atom stereocenters. The van der Waals surface area contributed by atoms with Gasteiger partial charge in [-0.15, -0.1) is 0 Å². The summed E-state index contributed by atoms with van der Waals surface area (Å²) in [6, 6.07) is 13.0. The lowest BCUT2D eigenvalue weighted by atomic mass is 10.2. The Morgan fingerprint density at radius 2 is 1.86 bits per heavy atom. The van der Waals surface area contributed by atoms with Crippen LogP contribution in [0.25, 0.3) is 22.3 Å². The number of nitrogens with zero attached hydrogens (tertiary/aromatic N) is 5. The largest absolute Gasteiger partial charge is 0.370 e. The fourth-order valence-electron chi connectivity index (χ4n) is 3.49. The summed E-state index contributed by atoms with van der Waals surface area (Å²) in [5.41, 5.74) is 6.22. The van der Waals surface area contributed by atoms with Crippen molar-refractivity contribution in [2.75, 3.05) is 0 Å². The number of hydrogen-bond donors (Lipinski definition) is 1. The number of unbranched alkanes of at least 4 members (excludes halogenated alkanes) is 2. The first-order chi connectivity index (χ1) is 16.9. The molecule has 0 fully saturated rings. The highest BCUT2D eigenvalue weighted by Crippen LogP contribution is 2.24. The number of non-ortho nitro benzene ring substituents is 1. The van der Waals surface area contributed by atoms with Crippen molar-refractivity contribution in [2.24, 2.45) is 5.73 Å². The van der Waals surface area contributed by atoms with Gasteiger partial charge in [-0.25, -0.2) is 4.98 Å². The van der Waals surface area contributed by atoms with Gasteiger partial charge in [0.2, 0.25) is 17.6 Å². The van der Waals surface area contributed by atoms with E-state index in [2.05, 4.69) is 15.1 Å². The lowest BCUT2D eigenvalue weighted by Gasteiger charge is -2.12. The van der Waals surface area contributed by atoms with Crippen LogP contribution < -0.4 is 11.3 Å². The molecular formula is C23H22N6O5S. The van der Waals surface area contributed by atoms with Gasteiger partial charge in [0, 0.05) is 30.7 Å². The van der Waals surface area contributed by atoms with Crippen molar-refractivity contribution >= 4 is 34.3 Å². The van der Waals surface area contributed by atoms with Crippen molar-refractivity contribution in [3.05, 3.63) is 74.9 Å². The van der Waals surface area contributed by atoms with E-state index in [0.29, 0.717) is 59.1 Å². The Kier molecular flexibility index (Phi) is 7.51. The number of hydrogen-bond acceptors (Lipinski definition) is 9. The summed E-state index contributed by atoms with van der Waals surface area (Å²) in [6.45, 7) is 0.454. The zero-order valence-corrected chi connectivity index (χ0v) is 19.4. The quantitative estimate of drug-likeness (QED) is 0.108. The molecule has 0 radical (unpaired) electrons. The number of nitrogens with two attached hydrogens (primary N) is 1. The molecule has 0 saturated carbocycles. The van der Waals surface area contributed by atoms with E-state index in [4.69, 9.17) is 10.3 Å². The van der Waals surface area contributed by atoms with Gasteiger partial charge in [0.25, 0.3) is 11.2 Å². The van der Waals surface area contributed by atoms with Crippen LogP contribution in [0, 0.1) is 10.1 Å². The number of benzene rings is 2. The highest BCUT2D eigenvalue weighted by Gasteiger charge is 2.15. The van der Waals surface area contributed by atoms with Gasteiger partial charge in [-0.1, -0.05) is 35.5 Å². The zero-order valence-electron chi connectivity index (χ0n) is 18.6. The van der Waals surface area contributed by atoms with Gasteiger partial charge in [-0.05, 0) is 37.1 Å². The second-order valence-electron chi connectivity index (χ2n) is 7.75. The van der Waals surface area contributed by atoms with Crippen LogP contribution in [0.1, 0.15) is 31.6 Å². The Labute approximate surface area is 203 Å². The van der Waals surface area contributed by atoms with Gasteiger partial charge in [-0.2, -0.15) is 4.98 Å². The maximum absolute atomic E-state index is 13.1. The van der Waals surface area contributed by atoms with Crippen LogP contribution in [-0.2, 0) is 17.1 Å². The van der Waals surface area contributed by atoms with Crippen molar-refractivity contribution in [1.82, 2.24) is 19.7 Å². The topological polar surface area (TPSA) is 160 Å². The average Bonchev–Trinajstić information content (AvgIpc) is 3.33. The number of thioether (sulfide) groups is 1. The van der Waals surface area contributed by atoms with E-state index in [-0.39, 0.29) is 22.9 Å². The molecule has 0 bridgehead atoms. The van der Waals surface area contributed by atoms with Gasteiger partial charge < -0.3 is 10.3 Å². The minimum absolute atomic E-state index is 0.0250. The van der Waals surface area contributed by atoms with Gasteiger partial charge in [0.1, 0.15) is 0 Å². The molecular weight excluding hydrogens is 472 g/mol. The number of nitro groups is 1. The van der Waals surface area contributed by atoms with Gasteiger partial charge >= 0.3 is 0 Å². The predicted molar refractivity (Wildman–Crippen MR) is 130 cm³/mol. The number of fused-ring (bicyclic) bond motifs is 1. The molecule has 2 aromatic carbocycles. The van der Waals surface area contributed by atoms with E-state index < -0.39 is 4.92 Å². The number of rotatable bonds is 11. The second kappa shape index (κ2) is 10.9. The fourth-order valence-corrected chi connectivity index (χ4v) is 4.35. The van der Waals surface area contributed by atoms with E-state index in [1.165, 1.54) is 23.9 Å². The number of amides is 1. The van der Waals surface area contributed by atoms with Crippen LogP contribution in [0.3, 0.4) is 0 Å². The van der Waals surface area contributed by atoms with Gasteiger partial charge in [0.15, 0.2) is 5.16 Å². The smallest absolute Gasteiger partial charge is 0.269 e. The molecule has 4 aromatic rings. The molecule has 0 aliphatic carbocycles. The fraction of sp³-hybridized carbons (Fsp3) is 0.261. The highest BCUT2D eigenvalue weighted by atomic mass is 32.2. The van der Waals surface area contributed by atoms with E-state index >= 15 is 0 Å². The first-order valence-corrected chi connectivity index (χ1v) is 11.9. The monoisotopic (exact) mass is 494 g/mol. The lowest BCUT2D eigenvalue weighted by Crippen LogP contribution is -2.23. The number of carbonyl (C=O) groups is 1. The first kappa shape index (κ1) is 24.1. The second-order valence-corrected chi connectivity index (χ2v) is 8.69. The number of carbonyl (C=O) groups excluding carboxylic acids is 1. The summed E-state index contributed by atoms with van der Waals surface area (Å²) in [5.74, 6) is 0.595. The van der Waals surface area contributed by atoms with E-state index in [1.807, 2.05) is 6.07 Å². The molecule has 0 atom stereocenters. The molecule has 1 amide bonds. The van der Waals surface area contributed by atoms with Crippen molar-refractivity contribution in [3.8, 4) is 11.4 Å². The van der Waals surface area contributed by atoms with Crippen LogP contribution in [0.15, 0.2) is 63.0 Å². The van der Waals surface area contributed by atoms with E-state index in [9.17, 15) is 19.7 Å². The zero-order chi connectivity index (χ0) is 24.8. The standard InChI is InChI=1S/C23H22N6O5S/c24-19(30)8-2-1-5-13-28-22(31)17-6-3-4-7-18(17)25-23(28)35-14-20-26-21(27-34-20)15-9-11-16(12-10-15)29(32)33/h3-4,6-7,9-12H,1-2,5,8,13-14H2,(H2,24,30). The molecule has 180 valence electrons. The summed E-state index contributed by atoms with van der Waals surface area (Å²) in [5, 5.41) is 15.8. The summed E-state index contributed by atoms with van der Waals surface area (Å²) in [7, 11) is 0. The molecule has 4 rings (SSSR count). The Bertz CT molecular complexity index is 1420. The first-order valence-electron chi connectivity index (χ1n) is 10.9. The van der Waals surface area contributed by atoms with Crippen molar-refractivity contribution in [3.63, 3.8) is 0 Å².